The molecule has 0 rings (SSSR count). The Bertz CT molecular complexity index is 106. The molecule has 0 aromatic rings. The molecule has 1 unspecified atom stereocenters. The van der Waals surface area contributed by atoms with Gasteiger partial charge in [0.15, 0.2) is 0 Å². The molecule has 0 aliphatic heterocycles. The van der Waals surface area contributed by atoms with E-state index < -0.39 is 18.7 Å². The van der Waals surface area contributed by atoms with Crippen molar-refractivity contribution in [2.45, 2.75) is 12.6 Å². The number of rotatable bonds is 4. The van der Waals surface area contributed by atoms with Gasteiger partial charge in [0, 0.05) is 6.42 Å². The number of amides is 1. The summed E-state index contributed by atoms with van der Waals surface area (Å²) in [4.78, 5) is 10.5. The van der Waals surface area contributed by atoms with Gasteiger partial charge in [-0.05, 0) is 0 Å². The van der Waals surface area contributed by atoms with Crippen molar-refractivity contribution in [1.29, 1.82) is 0 Å². The number of carbonyl (C=O) groups excluding carboxylic acids is 1. The summed E-state index contributed by atoms with van der Waals surface area (Å²) in [6.07, 6.45) is -1.28. The molecule has 5 nitrogen and oxygen atoms in total. The first-order chi connectivity index (χ1) is 4.70. The molecule has 4 N–H and O–H groups in total. The fraction of sp³-hybridized carbons (Fsp3) is 0.800. The second-order valence-corrected chi connectivity index (χ2v) is 1.74. The summed E-state index contributed by atoms with van der Waals surface area (Å²) in [5, 5.41) is 27.1. The highest BCUT2D eigenvalue weighted by Gasteiger charge is 2.04. The molecule has 0 bridgehead atoms. The lowest BCUT2D eigenvalue weighted by Gasteiger charge is -2.07. The second kappa shape index (κ2) is 5.16. The van der Waals surface area contributed by atoms with Gasteiger partial charge in [-0.3, -0.25) is 4.79 Å². The van der Waals surface area contributed by atoms with E-state index in [4.69, 9.17) is 15.3 Å². The molecule has 0 saturated heterocycles. The topological polar surface area (TPSA) is 89.8 Å². The average Bonchev–Trinajstić information content (AvgIpc) is 1.88. The van der Waals surface area contributed by atoms with E-state index in [9.17, 15) is 4.79 Å². The fourth-order valence-electron chi connectivity index (χ4n) is 0.405. The van der Waals surface area contributed by atoms with Gasteiger partial charge in [-0.15, -0.1) is 0 Å². The van der Waals surface area contributed by atoms with Crippen LogP contribution in [0.1, 0.15) is 6.42 Å². The third-order valence-corrected chi connectivity index (χ3v) is 0.839. The second-order valence-electron chi connectivity index (χ2n) is 1.74. The molecule has 1 atom stereocenters. The number of aliphatic hydroxyl groups excluding tert-OH is 3. The SMILES string of the molecule is O=C(CCO)NC(O)CO. The highest BCUT2D eigenvalue weighted by Crippen LogP contribution is 1.79. The van der Waals surface area contributed by atoms with Crippen molar-refractivity contribution in [3.05, 3.63) is 0 Å². The minimum atomic E-state index is -1.22. The molecular weight excluding hydrogens is 138 g/mol. The first-order valence-electron chi connectivity index (χ1n) is 2.90. The van der Waals surface area contributed by atoms with Gasteiger partial charge in [0.25, 0.3) is 0 Å². The minimum absolute atomic E-state index is 0.0585. The van der Waals surface area contributed by atoms with Gasteiger partial charge in [0.05, 0.1) is 13.2 Å². The van der Waals surface area contributed by atoms with Crippen LogP contribution in [0.15, 0.2) is 0 Å². The monoisotopic (exact) mass is 149 g/mol. The summed E-state index contributed by atoms with van der Waals surface area (Å²) in [5.74, 6) is -0.482. The zero-order valence-electron chi connectivity index (χ0n) is 5.45. The Morgan fingerprint density at radius 2 is 2.10 bits per heavy atom. The third-order valence-electron chi connectivity index (χ3n) is 0.839. The molecule has 0 radical (unpaired) electrons. The van der Waals surface area contributed by atoms with Crippen LogP contribution < -0.4 is 5.32 Å². The molecule has 10 heavy (non-hydrogen) atoms. The van der Waals surface area contributed by atoms with Crippen molar-refractivity contribution in [3.63, 3.8) is 0 Å². The van der Waals surface area contributed by atoms with Crippen LogP contribution in [-0.2, 0) is 4.79 Å². The Kier molecular flexibility index (Phi) is 4.82. The first-order valence-corrected chi connectivity index (χ1v) is 2.90. The summed E-state index contributed by atoms with van der Waals surface area (Å²) in [6.45, 7) is -0.777. The Morgan fingerprint density at radius 1 is 1.50 bits per heavy atom. The molecular formula is C5H11NO4. The number of carbonyl (C=O) groups is 1. The Balaban J connectivity index is 3.37. The Morgan fingerprint density at radius 3 is 2.50 bits per heavy atom. The number of hydrogen-bond acceptors (Lipinski definition) is 4. The van der Waals surface area contributed by atoms with Crippen LogP contribution >= 0.6 is 0 Å². The van der Waals surface area contributed by atoms with Crippen LogP contribution in [0, 0.1) is 0 Å². The fourth-order valence-corrected chi connectivity index (χ4v) is 0.405. The lowest BCUT2D eigenvalue weighted by atomic mass is 10.4. The van der Waals surface area contributed by atoms with Crippen LogP contribution in [0.2, 0.25) is 0 Å². The lowest BCUT2D eigenvalue weighted by Crippen LogP contribution is -2.37. The van der Waals surface area contributed by atoms with E-state index >= 15 is 0 Å². The maximum absolute atomic E-state index is 10.5. The predicted molar refractivity (Wildman–Crippen MR) is 32.9 cm³/mol. The van der Waals surface area contributed by atoms with Gasteiger partial charge in [-0.2, -0.15) is 0 Å². The van der Waals surface area contributed by atoms with E-state index in [-0.39, 0.29) is 13.0 Å². The Labute approximate surface area is 58.3 Å². The van der Waals surface area contributed by atoms with Crippen LogP contribution in [0.3, 0.4) is 0 Å². The Hall–Kier alpha value is -0.650. The van der Waals surface area contributed by atoms with Crippen LogP contribution in [-0.4, -0.2) is 40.7 Å². The molecule has 0 fully saturated rings. The van der Waals surface area contributed by atoms with Gasteiger partial charge in [0.2, 0.25) is 5.91 Å². The molecule has 5 heteroatoms. The van der Waals surface area contributed by atoms with E-state index in [1.165, 1.54) is 0 Å². The van der Waals surface area contributed by atoms with Crippen molar-refractivity contribution in [2.24, 2.45) is 0 Å². The smallest absolute Gasteiger partial charge is 0.224 e. The largest absolute Gasteiger partial charge is 0.396 e. The quantitative estimate of drug-likeness (QED) is 0.341. The van der Waals surface area contributed by atoms with Crippen molar-refractivity contribution in [3.8, 4) is 0 Å². The van der Waals surface area contributed by atoms with Gasteiger partial charge >= 0.3 is 0 Å². The van der Waals surface area contributed by atoms with E-state index in [0.29, 0.717) is 0 Å². The predicted octanol–water partition coefficient (Wildman–Crippen LogP) is -2.20. The number of aliphatic hydroxyl groups is 3. The minimum Gasteiger partial charge on any atom is -0.396 e. The number of nitrogens with one attached hydrogen (secondary N) is 1. The van der Waals surface area contributed by atoms with E-state index in [1.54, 1.807) is 0 Å². The third kappa shape index (κ3) is 4.25. The first kappa shape index (κ1) is 9.35. The maximum atomic E-state index is 10.5. The molecule has 60 valence electrons. The molecule has 0 saturated carbocycles. The van der Waals surface area contributed by atoms with Crippen molar-refractivity contribution >= 4 is 5.91 Å². The van der Waals surface area contributed by atoms with Gasteiger partial charge < -0.3 is 20.6 Å². The van der Waals surface area contributed by atoms with Crippen LogP contribution in [0.25, 0.3) is 0 Å². The maximum Gasteiger partial charge on any atom is 0.224 e. The molecule has 0 aliphatic rings. The molecule has 0 aliphatic carbocycles. The molecule has 0 spiro atoms. The highest BCUT2D eigenvalue weighted by atomic mass is 16.3. The van der Waals surface area contributed by atoms with E-state index in [1.807, 2.05) is 5.32 Å². The van der Waals surface area contributed by atoms with Gasteiger partial charge in [-0.25, -0.2) is 0 Å². The zero-order valence-corrected chi connectivity index (χ0v) is 5.45. The zero-order chi connectivity index (χ0) is 7.98. The molecule has 1 amide bonds. The summed E-state index contributed by atoms with van der Waals surface area (Å²) in [7, 11) is 0. The van der Waals surface area contributed by atoms with Crippen LogP contribution in [0.5, 0.6) is 0 Å². The van der Waals surface area contributed by atoms with Gasteiger partial charge in [-0.1, -0.05) is 0 Å². The molecule has 0 aromatic carbocycles. The summed E-state index contributed by atoms with van der Waals surface area (Å²) in [6, 6.07) is 0. The van der Waals surface area contributed by atoms with E-state index in [0.717, 1.165) is 0 Å². The molecule has 0 heterocycles. The summed E-state index contributed by atoms with van der Waals surface area (Å²) < 4.78 is 0. The number of hydrogen-bond donors (Lipinski definition) is 4. The molecule has 0 aromatic heterocycles. The summed E-state index contributed by atoms with van der Waals surface area (Å²) in [5.41, 5.74) is 0. The summed E-state index contributed by atoms with van der Waals surface area (Å²) >= 11 is 0. The van der Waals surface area contributed by atoms with Gasteiger partial charge in [0.1, 0.15) is 6.23 Å². The van der Waals surface area contributed by atoms with Crippen LogP contribution in [0.4, 0.5) is 0 Å². The van der Waals surface area contributed by atoms with Crippen molar-refractivity contribution in [2.75, 3.05) is 13.2 Å². The van der Waals surface area contributed by atoms with Crippen molar-refractivity contribution in [1.82, 2.24) is 5.32 Å². The van der Waals surface area contributed by atoms with E-state index in [2.05, 4.69) is 0 Å². The highest BCUT2D eigenvalue weighted by molar-refractivity contribution is 5.76. The lowest BCUT2D eigenvalue weighted by molar-refractivity contribution is -0.125. The average molecular weight is 149 g/mol. The van der Waals surface area contributed by atoms with Crippen molar-refractivity contribution < 1.29 is 20.1 Å². The standard InChI is InChI=1S/C5H11NO4/c7-2-1-4(9)6-5(10)3-8/h5,7-8,10H,1-3H2,(H,6,9). The normalized spacial score (nSPS) is 12.7.